The minimum Gasteiger partial charge on any atom is -0.294 e. The van der Waals surface area contributed by atoms with Crippen LogP contribution >= 0.6 is 39.1 Å². The summed E-state index contributed by atoms with van der Waals surface area (Å²) in [5.74, 6) is -0.365. The molecule has 0 bridgehead atoms. The van der Waals surface area contributed by atoms with Crippen LogP contribution in [0.3, 0.4) is 0 Å². The molecule has 29 heavy (non-hydrogen) atoms. The second-order valence-electron chi connectivity index (χ2n) is 6.65. The third-order valence-electron chi connectivity index (χ3n) is 4.57. The number of carbonyl (C=O) groups is 1. The second-order valence-corrected chi connectivity index (χ2v) is 10.5. The number of benzene rings is 3. The van der Waals surface area contributed by atoms with E-state index in [1.165, 1.54) is 12.1 Å². The van der Waals surface area contributed by atoms with Crippen molar-refractivity contribution in [3.8, 4) is 0 Å². The van der Waals surface area contributed by atoms with E-state index in [2.05, 4.69) is 15.9 Å². The van der Waals surface area contributed by atoms with E-state index in [4.69, 9.17) is 23.2 Å². The molecule has 0 N–H and O–H groups in total. The highest BCUT2D eigenvalue weighted by molar-refractivity contribution is 9.10. The second kappa shape index (κ2) is 9.00. The molecule has 0 unspecified atom stereocenters. The first-order chi connectivity index (χ1) is 13.7. The van der Waals surface area contributed by atoms with Crippen molar-refractivity contribution in [1.82, 2.24) is 0 Å². The summed E-state index contributed by atoms with van der Waals surface area (Å²) in [6, 6.07) is 18.1. The van der Waals surface area contributed by atoms with Crippen molar-refractivity contribution in [3.05, 3.63) is 97.9 Å². The van der Waals surface area contributed by atoms with Gasteiger partial charge in [0, 0.05) is 21.5 Å². The molecule has 0 aliphatic rings. The van der Waals surface area contributed by atoms with Crippen LogP contribution in [0.25, 0.3) is 0 Å². The number of sulfone groups is 1. The predicted molar refractivity (Wildman–Crippen MR) is 121 cm³/mol. The summed E-state index contributed by atoms with van der Waals surface area (Å²) in [5.41, 5.74) is 1.73. The van der Waals surface area contributed by atoms with Crippen LogP contribution in [-0.4, -0.2) is 14.2 Å². The number of hydrogen-bond donors (Lipinski definition) is 0. The van der Waals surface area contributed by atoms with Gasteiger partial charge in [0.1, 0.15) is 0 Å². The molecule has 3 nitrogen and oxygen atoms in total. The summed E-state index contributed by atoms with van der Waals surface area (Å²) >= 11 is 15.4. The molecule has 150 valence electrons. The Bertz CT molecular complexity index is 1140. The smallest absolute Gasteiger partial charge is 0.185 e. The third kappa shape index (κ3) is 5.10. The van der Waals surface area contributed by atoms with E-state index >= 15 is 0 Å². The fraction of sp³-hybridized carbons (Fsp3) is 0.136. The van der Waals surface area contributed by atoms with Gasteiger partial charge in [0.15, 0.2) is 15.6 Å². The van der Waals surface area contributed by atoms with Gasteiger partial charge >= 0.3 is 0 Å². The zero-order chi connectivity index (χ0) is 21.2. The summed E-state index contributed by atoms with van der Waals surface area (Å²) in [4.78, 5) is 13.1. The molecule has 0 aliphatic carbocycles. The minimum atomic E-state index is -3.81. The maximum absolute atomic E-state index is 13.4. The maximum Gasteiger partial charge on any atom is 0.185 e. The summed E-state index contributed by atoms with van der Waals surface area (Å²) in [6.45, 7) is 1.88. The van der Waals surface area contributed by atoms with Gasteiger partial charge in [0.25, 0.3) is 0 Å². The van der Waals surface area contributed by atoms with Crippen LogP contribution in [0.1, 0.15) is 33.2 Å². The van der Waals surface area contributed by atoms with Crippen molar-refractivity contribution < 1.29 is 13.2 Å². The summed E-state index contributed by atoms with van der Waals surface area (Å²) in [5, 5.41) is -0.439. The highest BCUT2D eigenvalue weighted by atomic mass is 79.9. The first-order valence-corrected chi connectivity index (χ1v) is 11.8. The van der Waals surface area contributed by atoms with Crippen LogP contribution in [-0.2, 0) is 9.84 Å². The molecule has 3 aromatic rings. The Labute approximate surface area is 188 Å². The number of halogens is 3. The molecule has 0 spiro atoms. The molecule has 3 rings (SSSR count). The number of hydrogen-bond acceptors (Lipinski definition) is 3. The largest absolute Gasteiger partial charge is 0.294 e. The number of aryl methyl sites for hydroxylation is 1. The molecule has 0 aliphatic heterocycles. The molecule has 0 saturated carbocycles. The van der Waals surface area contributed by atoms with Crippen molar-refractivity contribution in [2.24, 2.45) is 0 Å². The van der Waals surface area contributed by atoms with Gasteiger partial charge in [0.2, 0.25) is 0 Å². The van der Waals surface area contributed by atoms with Crippen LogP contribution in [0.2, 0.25) is 10.0 Å². The molecule has 1 atom stereocenters. The molecule has 0 amide bonds. The van der Waals surface area contributed by atoms with Crippen molar-refractivity contribution in [2.75, 3.05) is 0 Å². The normalized spacial score (nSPS) is 12.6. The van der Waals surface area contributed by atoms with Gasteiger partial charge in [-0.15, -0.1) is 0 Å². The quantitative estimate of drug-likeness (QED) is 0.340. The highest BCUT2D eigenvalue weighted by Crippen LogP contribution is 2.35. The average molecular weight is 512 g/mol. The lowest BCUT2D eigenvalue weighted by Gasteiger charge is -2.18. The van der Waals surface area contributed by atoms with Gasteiger partial charge in [-0.3, -0.25) is 4.79 Å². The van der Waals surface area contributed by atoms with Crippen molar-refractivity contribution in [1.29, 1.82) is 0 Å². The van der Waals surface area contributed by atoms with Crippen LogP contribution in [0, 0.1) is 6.92 Å². The SMILES string of the molecule is Cc1ccc(S(=O)(=O)[C@@H](CC(=O)c2ccc(Cl)cc2Cl)c2ccc(Br)cc2)cc1. The molecular weight excluding hydrogens is 495 g/mol. The maximum atomic E-state index is 13.4. The zero-order valence-electron chi connectivity index (χ0n) is 15.4. The highest BCUT2D eigenvalue weighted by Gasteiger charge is 2.32. The number of ketones is 1. The Morgan fingerprint density at radius 3 is 2.17 bits per heavy atom. The first-order valence-electron chi connectivity index (χ1n) is 8.73. The molecule has 0 fully saturated rings. The van der Waals surface area contributed by atoms with E-state index in [1.807, 2.05) is 6.92 Å². The molecule has 7 heteroatoms. The number of carbonyl (C=O) groups excluding carboxylic acids is 1. The molecule has 0 radical (unpaired) electrons. The summed E-state index contributed by atoms with van der Waals surface area (Å²) in [6.07, 6.45) is -0.237. The van der Waals surface area contributed by atoms with Gasteiger partial charge < -0.3 is 0 Å². The van der Waals surface area contributed by atoms with E-state index in [9.17, 15) is 13.2 Å². The van der Waals surface area contributed by atoms with Gasteiger partial charge in [-0.25, -0.2) is 8.42 Å². The van der Waals surface area contributed by atoms with E-state index in [0.717, 1.165) is 10.0 Å². The lowest BCUT2D eigenvalue weighted by molar-refractivity contribution is 0.0981. The van der Waals surface area contributed by atoms with Crippen LogP contribution in [0.15, 0.2) is 76.1 Å². The van der Waals surface area contributed by atoms with E-state index < -0.39 is 15.1 Å². The van der Waals surface area contributed by atoms with Crippen LogP contribution in [0.5, 0.6) is 0 Å². The van der Waals surface area contributed by atoms with Crippen LogP contribution in [0.4, 0.5) is 0 Å². The van der Waals surface area contributed by atoms with Gasteiger partial charge in [-0.05, 0) is 55.0 Å². The third-order valence-corrected chi connectivity index (χ3v) is 7.76. The van der Waals surface area contributed by atoms with Gasteiger partial charge in [-0.1, -0.05) is 69.0 Å². The molecule has 0 saturated heterocycles. The topological polar surface area (TPSA) is 51.2 Å². The number of rotatable bonds is 6. The Hall–Kier alpha value is -1.66. The first kappa shape index (κ1) is 22.0. The van der Waals surface area contributed by atoms with Gasteiger partial charge in [0.05, 0.1) is 15.2 Å². The standard InChI is InChI=1S/C22H17BrCl2O3S/c1-14-2-9-18(10-3-14)29(27,28)22(15-4-6-16(23)7-5-15)13-21(26)19-11-8-17(24)12-20(19)25/h2-12,22H,13H2,1H3/t22-/m0/s1. The molecule has 3 aromatic carbocycles. The van der Waals surface area contributed by atoms with E-state index in [0.29, 0.717) is 10.6 Å². The van der Waals surface area contributed by atoms with Crippen molar-refractivity contribution >= 4 is 54.8 Å². The van der Waals surface area contributed by atoms with E-state index in [-0.39, 0.29) is 27.7 Å². The lowest BCUT2D eigenvalue weighted by Crippen LogP contribution is -2.18. The lowest BCUT2D eigenvalue weighted by atomic mass is 10.0. The van der Waals surface area contributed by atoms with E-state index in [1.54, 1.807) is 54.6 Å². The Kier molecular flexibility index (Phi) is 6.84. The minimum absolute atomic E-state index is 0.172. The molecule has 0 heterocycles. The zero-order valence-corrected chi connectivity index (χ0v) is 19.3. The summed E-state index contributed by atoms with van der Waals surface area (Å²) in [7, 11) is -3.81. The van der Waals surface area contributed by atoms with Gasteiger partial charge in [-0.2, -0.15) is 0 Å². The summed E-state index contributed by atoms with van der Waals surface area (Å²) < 4.78 is 27.7. The molecule has 0 aromatic heterocycles. The van der Waals surface area contributed by atoms with Crippen molar-refractivity contribution in [2.45, 2.75) is 23.5 Å². The molecular formula is C22H17BrCl2O3S. The Morgan fingerprint density at radius 2 is 1.59 bits per heavy atom. The van der Waals surface area contributed by atoms with Crippen molar-refractivity contribution in [3.63, 3.8) is 0 Å². The van der Waals surface area contributed by atoms with Crippen LogP contribution < -0.4 is 0 Å². The fourth-order valence-corrected chi connectivity index (χ4v) is 5.48. The Balaban J connectivity index is 2.04. The number of Topliss-reactive ketones (excluding diaryl/α,β-unsaturated/α-hetero) is 1. The fourth-order valence-electron chi connectivity index (χ4n) is 2.97. The predicted octanol–water partition coefficient (Wildman–Crippen LogP) is 6.85. The Morgan fingerprint density at radius 1 is 0.966 bits per heavy atom. The monoisotopic (exact) mass is 510 g/mol. The average Bonchev–Trinajstić information content (AvgIpc) is 2.67.